The summed E-state index contributed by atoms with van der Waals surface area (Å²) in [7, 11) is 0. The van der Waals surface area contributed by atoms with Crippen molar-refractivity contribution in [2.24, 2.45) is 0 Å². The molecule has 2 aromatic rings. The summed E-state index contributed by atoms with van der Waals surface area (Å²) in [6.07, 6.45) is 1.11. The lowest BCUT2D eigenvalue weighted by atomic mass is 9.97. The largest absolute Gasteiger partial charge is 0.332 e. The van der Waals surface area contributed by atoms with E-state index in [-0.39, 0.29) is 0 Å². The highest BCUT2D eigenvalue weighted by atomic mass is 32.1. The SMILES string of the molecule is CCC(C)c1ccccc1NC(=S)Nc1c(C)cccc1C. The molecule has 2 aromatic carbocycles. The highest BCUT2D eigenvalue weighted by molar-refractivity contribution is 7.80. The van der Waals surface area contributed by atoms with Crippen LogP contribution in [0.25, 0.3) is 0 Å². The Balaban J connectivity index is 2.16. The van der Waals surface area contributed by atoms with Gasteiger partial charge < -0.3 is 10.6 Å². The zero-order chi connectivity index (χ0) is 16.1. The minimum absolute atomic E-state index is 0.506. The molecule has 0 radical (unpaired) electrons. The monoisotopic (exact) mass is 312 g/mol. The fraction of sp³-hybridized carbons (Fsp3) is 0.316. The summed E-state index contributed by atoms with van der Waals surface area (Å²) < 4.78 is 0. The predicted octanol–water partition coefficient (Wildman–Crippen LogP) is 5.63. The lowest BCUT2D eigenvalue weighted by Gasteiger charge is -2.19. The van der Waals surface area contributed by atoms with Gasteiger partial charge in [0.15, 0.2) is 5.11 Å². The molecular weight excluding hydrogens is 288 g/mol. The second-order valence-corrected chi connectivity index (χ2v) is 6.15. The summed E-state index contributed by atoms with van der Waals surface area (Å²) in [4.78, 5) is 0. The third-order valence-corrected chi connectivity index (χ3v) is 4.28. The number of aryl methyl sites for hydroxylation is 2. The van der Waals surface area contributed by atoms with E-state index in [1.165, 1.54) is 16.7 Å². The molecule has 0 aromatic heterocycles. The normalized spacial score (nSPS) is 11.8. The third-order valence-electron chi connectivity index (χ3n) is 4.07. The van der Waals surface area contributed by atoms with Gasteiger partial charge in [0, 0.05) is 11.4 Å². The zero-order valence-electron chi connectivity index (χ0n) is 13.7. The van der Waals surface area contributed by atoms with Gasteiger partial charge in [-0.15, -0.1) is 0 Å². The van der Waals surface area contributed by atoms with Crippen molar-refractivity contribution in [2.45, 2.75) is 40.0 Å². The maximum absolute atomic E-state index is 5.50. The molecule has 0 aliphatic carbocycles. The molecule has 0 aliphatic heterocycles. The van der Waals surface area contributed by atoms with Gasteiger partial charge in [-0.1, -0.05) is 50.2 Å². The first-order valence-corrected chi connectivity index (χ1v) is 8.17. The van der Waals surface area contributed by atoms with Gasteiger partial charge in [0.2, 0.25) is 0 Å². The molecule has 0 saturated heterocycles. The molecule has 2 N–H and O–H groups in total. The number of hydrogen-bond donors (Lipinski definition) is 2. The molecule has 0 spiro atoms. The minimum atomic E-state index is 0.506. The van der Waals surface area contributed by atoms with Crippen LogP contribution >= 0.6 is 12.2 Å². The lowest BCUT2D eigenvalue weighted by molar-refractivity contribution is 0.736. The van der Waals surface area contributed by atoms with Crippen LogP contribution in [0.5, 0.6) is 0 Å². The number of benzene rings is 2. The van der Waals surface area contributed by atoms with E-state index in [0.717, 1.165) is 17.8 Å². The number of rotatable bonds is 4. The first-order valence-electron chi connectivity index (χ1n) is 7.76. The van der Waals surface area contributed by atoms with Gasteiger partial charge in [0.1, 0.15) is 0 Å². The van der Waals surface area contributed by atoms with Gasteiger partial charge >= 0.3 is 0 Å². The molecule has 0 fully saturated rings. The molecule has 0 heterocycles. The maximum Gasteiger partial charge on any atom is 0.175 e. The van der Waals surface area contributed by atoms with Crippen LogP contribution in [0.2, 0.25) is 0 Å². The van der Waals surface area contributed by atoms with Gasteiger partial charge in [-0.2, -0.15) is 0 Å². The van der Waals surface area contributed by atoms with Crippen molar-refractivity contribution < 1.29 is 0 Å². The average molecular weight is 312 g/mol. The summed E-state index contributed by atoms with van der Waals surface area (Å²) in [5.41, 5.74) is 5.86. The van der Waals surface area contributed by atoms with Crippen LogP contribution in [0.15, 0.2) is 42.5 Å². The molecule has 22 heavy (non-hydrogen) atoms. The maximum atomic E-state index is 5.50. The molecular formula is C19H24N2S. The topological polar surface area (TPSA) is 24.1 Å². The van der Waals surface area contributed by atoms with Crippen molar-refractivity contribution in [3.8, 4) is 0 Å². The Bertz CT molecular complexity index is 644. The first kappa shape index (κ1) is 16.5. The third kappa shape index (κ3) is 3.86. The Hall–Kier alpha value is -1.87. The van der Waals surface area contributed by atoms with Crippen molar-refractivity contribution in [1.82, 2.24) is 0 Å². The molecule has 2 rings (SSSR count). The quantitative estimate of drug-likeness (QED) is 0.716. The molecule has 3 heteroatoms. The van der Waals surface area contributed by atoms with E-state index in [9.17, 15) is 0 Å². The highest BCUT2D eigenvalue weighted by Gasteiger charge is 2.10. The Morgan fingerprint density at radius 2 is 1.64 bits per heavy atom. The van der Waals surface area contributed by atoms with E-state index >= 15 is 0 Å². The summed E-state index contributed by atoms with van der Waals surface area (Å²) in [6.45, 7) is 8.62. The lowest BCUT2D eigenvalue weighted by Crippen LogP contribution is -2.21. The molecule has 0 aliphatic rings. The second-order valence-electron chi connectivity index (χ2n) is 5.74. The molecule has 1 atom stereocenters. The predicted molar refractivity (Wildman–Crippen MR) is 101 cm³/mol. The van der Waals surface area contributed by atoms with E-state index < -0.39 is 0 Å². The van der Waals surface area contributed by atoms with E-state index in [4.69, 9.17) is 12.2 Å². The van der Waals surface area contributed by atoms with Crippen LogP contribution in [0, 0.1) is 13.8 Å². The van der Waals surface area contributed by atoms with E-state index in [1.807, 2.05) is 6.07 Å². The van der Waals surface area contributed by atoms with Gasteiger partial charge in [0.05, 0.1) is 0 Å². The van der Waals surface area contributed by atoms with Crippen LogP contribution in [0.4, 0.5) is 11.4 Å². The molecule has 116 valence electrons. The number of anilines is 2. The fourth-order valence-electron chi connectivity index (χ4n) is 2.54. The van der Waals surface area contributed by atoms with Crippen molar-refractivity contribution >= 4 is 28.7 Å². The van der Waals surface area contributed by atoms with E-state index in [1.54, 1.807) is 0 Å². The Labute approximate surface area is 139 Å². The van der Waals surface area contributed by atoms with Crippen molar-refractivity contribution in [3.05, 3.63) is 59.2 Å². The smallest absolute Gasteiger partial charge is 0.175 e. The summed E-state index contributed by atoms with van der Waals surface area (Å²) in [5, 5.41) is 7.31. The summed E-state index contributed by atoms with van der Waals surface area (Å²) in [5.74, 6) is 0.506. The Morgan fingerprint density at radius 3 is 2.27 bits per heavy atom. The van der Waals surface area contributed by atoms with Crippen LogP contribution in [0.1, 0.15) is 42.9 Å². The van der Waals surface area contributed by atoms with Crippen LogP contribution in [-0.2, 0) is 0 Å². The standard InChI is InChI=1S/C19H24N2S/c1-5-13(2)16-11-6-7-12-17(16)20-19(22)21-18-14(3)9-8-10-15(18)4/h6-13H,5H2,1-4H3,(H2,20,21,22). The number of thiocarbonyl (C=S) groups is 1. The van der Waals surface area contributed by atoms with Crippen molar-refractivity contribution in [1.29, 1.82) is 0 Å². The van der Waals surface area contributed by atoms with Gasteiger partial charge in [-0.3, -0.25) is 0 Å². The molecule has 1 unspecified atom stereocenters. The van der Waals surface area contributed by atoms with E-state index in [0.29, 0.717) is 11.0 Å². The molecule has 0 bridgehead atoms. The fourth-order valence-corrected chi connectivity index (χ4v) is 2.75. The van der Waals surface area contributed by atoms with Crippen molar-refractivity contribution in [3.63, 3.8) is 0 Å². The Morgan fingerprint density at radius 1 is 1.00 bits per heavy atom. The van der Waals surface area contributed by atoms with Crippen molar-refractivity contribution in [2.75, 3.05) is 10.6 Å². The summed E-state index contributed by atoms with van der Waals surface area (Å²) in [6, 6.07) is 14.6. The Kier molecular flexibility index (Phi) is 5.56. The van der Waals surface area contributed by atoms with Gasteiger partial charge in [0.25, 0.3) is 0 Å². The van der Waals surface area contributed by atoms with Crippen LogP contribution < -0.4 is 10.6 Å². The van der Waals surface area contributed by atoms with Gasteiger partial charge in [-0.25, -0.2) is 0 Å². The summed E-state index contributed by atoms with van der Waals surface area (Å²) >= 11 is 5.50. The van der Waals surface area contributed by atoms with Crippen LogP contribution in [-0.4, -0.2) is 5.11 Å². The molecule has 0 saturated carbocycles. The van der Waals surface area contributed by atoms with E-state index in [2.05, 4.69) is 74.7 Å². The first-order chi connectivity index (χ1) is 10.5. The number of nitrogens with one attached hydrogen (secondary N) is 2. The minimum Gasteiger partial charge on any atom is -0.332 e. The van der Waals surface area contributed by atoms with Crippen LogP contribution in [0.3, 0.4) is 0 Å². The average Bonchev–Trinajstić information content (AvgIpc) is 2.51. The highest BCUT2D eigenvalue weighted by Crippen LogP contribution is 2.27. The number of para-hydroxylation sites is 2. The second kappa shape index (κ2) is 7.41. The van der Waals surface area contributed by atoms with Gasteiger partial charge in [-0.05, 0) is 61.2 Å². The molecule has 0 amide bonds. The molecule has 2 nitrogen and oxygen atoms in total. The number of hydrogen-bond acceptors (Lipinski definition) is 1. The zero-order valence-corrected chi connectivity index (χ0v) is 14.6.